The highest BCUT2D eigenvalue weighted by Crippen LogP contribution is 2.44. The summed E-state index contributed by atoms with van der Waals surface area (Å²) in [4.78, 5) is 0. The molecular weight excluding hydrogens is 210 g/mol. The maximum Gasteiger partial charge on any atom is 0.138 e. The maximum atomic E-state index is 6.28. The lowest BCUT2D eigenvalue weighted by Gasteiger charge is -2.39. The average molecular weight is 226 g/mol. The predicted octanol–water partition coefficient (Wildman–Crippen LogP) is 2.99. The summed E-state index contributed by atoms with van der Waals surface area (Å²) in [5, 5.41) is 0.672. The molecule has 0 atom stereocenters. The van der Waals surface area contributed by atoms with Crippen LogP contribution in [0, 0.1) is 6.92 Å². The number of nitrogens with two attached hydrogens (primary N) is 1. The fraction of sp³-hybridized carbons (Fsp3) is 0.500. The molecule has 1 aromatic carbocycles. The number of aryl methyl sites for hydroxylation is 1. The molecule has 2 rings (SSSR count). The highest BCUT2D eigenvalue weighted by molar-refractivity contribution is 6.33. The van der Waals surface area contributed by atoms with Crippen LogP contribution in [-0.2, 0) is 5.54 Å². The lowest BCUT2D eigenvalue weighted by Crippen LogP contribution is -2.43. The summed E-state index contributed by atoms with van der Waals surface area (Å²) in [6.45, 7) is 2.03. The summed E-state index contributed by atoms with van der Waals surface area (Å²) in [5.74, 6) is 0.725. The number of methoxy groups -OCH3 is 1. The van der Waals surface area contributed by atoms with Gasteiger partial charge >= 0.3 is 0 Å². The van der Waals surface area contributed by atoms with E-state index in [0.717, 1.165) is 29.7 Å². The fourth-order valence-corrected chi connectivity index (χ4v) is 2.45. The van der Waals surface area contributed by atoms with E-state index in [2.05, 4.69) is 6.07 Å². The summed E-state index contributed by atoms with van der Waals surface area (Å²) >= 11 is 6.27. The molecule has 0 saturated heterocycles. The third kappa shape index (κ3) is 1.72. The van der Waals surface area contributed by atoms with E-state index in [0.29, 0.717) is 5.02 Å². The van der Waals surface area contributed by atoms with Crippen molar-refractivity contribution in [3.05, 3.63) is 28.3 Å². The second kappa shape index (κ2) is 3.69. The van der Waals surface area contributed by atoms with Crippen molar-refractivity contribution in [2.24, 2.45) is 5.73 Å². The molecule has 1 saturated carbocycles. The second-order valence-corrected chi connectivity index (χ2v) is 4.72. The van der Waals surface area contributed by atoms with Gasteiger partial charge in [-0.1, -0.05) is 17.7 Å². The van der Waals surface area contributed by atoms with Crippen molar-refractivity contribution in [3.63, 3.8) is 0 Å². The van der Waals surface area contributed by atoms with E-state index >= 15 is 0 Å². The Kier molecular flexibility index (Phi) is 2.65. The molecule has 1 fully saturated rings. The first-order valence-electron chi connectivity index (χ1n) is 5.20. The zero-order chi connectivity index (χ0) is 11.1. The van der Waals surface area contributed by atoms with Gasteiger partial charge in [-0.25, -0.2) is 0 Å². The molecule has 0 aliphatic heterocycles. The molecule has 0 spiro atoms. The molecule has 2 N–H and O–H groups in total. The quantitative estimate of drug-likeness (QED) is 0.840. The smallest absolute Gasteiger partial charge is 0.138 e. The molecule has 0 unspecified atom stereocenters. The van der Waals surface area contributed by atoms with E-state index in [1.54, 1.807) is 7.11 Å². The third-order valence-corrected chi connectivity index (χ3v) is 3.58. The van der Waals surface area contributed by atoms with Gasteiger partial charge < -0.3 is 10.5 Å². The lowest BCUT2D eigenvalue weighted by molar-refractivity contribution is 0.252. The van der Waals surface area contributed by atoms with Crippen molar-refractivity contribution < 1.29 is 4.74 Å². The topological polar surface area (TPSA) is 35.2 Å². The van der Waals surface area contributed by atoms with Gasteiger partial charge in [0.15, 0.2) is 0 Å². The van der Waals surface area contributed by atoms with E-state index in [4.69, 9.17) is 22.1 Å². The first kappa shape index (κ1) is 10.8. The van der Waals surface area contributed by atoms with Gasteiger partial charge in [-0.2, -0.15) is 0 Å². The second-order valence-electron chi connectivity index (χ2n) is 4.34. The Morgan fingerprint density at radius 1 is 1.40 bits per heavy atom. The number of ether oxygens (including phenoxy) is 1. The van der Waals surface area contributed by atoms with Crippen molar-refractivity contribution in [1.29, 1.82) is 0 Å². The van der Waals surface area contributed by atoms with Gasteiger partial charge in [-0.15, -0.1) is 0 Å². The zero-order valence-electron chi connectivity index (χ0n) is 9.14. The van der Waals surface area contributed by atoms with Crippen molar-refractivity contribution in [2.45, 2.75) is 31.7 Å². The Bertz CT molecular complexity index is 385. The predicted molar refractivity (Wildman–Crippen MR) is 62.5 cm³/mol. The van der Waals surface area contributed by atoms with E-state index in [1.807, 2.05) is 13.0 Å². The van der Waals surface area contributed by atoms with E-state index < -0.39 is 0 Å². The fourth-order valence-electron chi connectivity index (χ4n) is 2.07. The number of halogens is 1. The summed E-state index contributed by atoms with van der Waals surface area (Å²) in [6, 6.07) is 4.01. The summed E-state index contributed by atoms with van der Waals surface area (Å²) in [6.07, 6.45) is 3.21. The van der Waals surface area contributed by atoms with Gasteiger partial charge in [0.1, 0.15) is 5.75 Å². The van der Waals surface area contributed by atoms with Crippen LogP contribution in [0.15, 0.2) is 12.1 Å². The highest BCUT2D eigenvalue weighted by atomic mass is 35.5. The molecule has 1 aromatic rings. The molecular formula is C12H16ClNO. The number of rotatable bonds is 2. The van der Waals surface area contributed by atoms with Crippen molar-refractivity contribution in [1.82, 2.24) is 0 Å². The largest absolute Gasteiger partial charge is 0.495 e. The van der Waals surface area contributed by atoms with Crippen LogP contribution in [0.4, 0.5) is 0 Å². The number of hydrogen-bond donors (Lipinski definition) is 1. The Hall–Kier alpha value is -0.730. The van der Waals surface area contributed by atoms with Crippen molar-refractivity contribution >= 4 is 11.6 Å². The van der Waals surface area contributed by atoms with Crippen LogP contribution in [0.1, 0.15) is 30.4 Å². The van der Waals surface area contributed by atoms with Crippen LogP contribution in [0.2, 0.25) is 5.02 Å². The normalized spacial score (nSPS) is 18.4. The maximum absolute atomic E-state index is 6.28. The molecule has 2 nitrogen and oxygen atoms in total. The molecule has 0 heterocycles. The Morgan fingerprint density at radius 3 is 2.53 bits per heavy atom. The van der Waals surface area contributed by atoms with Gasteiger partial charge in [0.2, 0.25) is 0 Å². The molecule has 0 bridgehead atoms. The standard InChI is InChI=1S/C12H16ClNO/c1-8-6-9(12(14)4-3-5-12)11(13)10(7-8)15-2/h6-7H,3-5,14H2,1-2H3. The minimum absolute atomic E-state index is 0.226. The molecule has 0 aromatic heterocycles. The van der Waals surface area contributed by atoms with Crippen LogP contribution in [-0.4, -0.2) is 7.11 Å². The Labute approximate surface area is 95.4 Å². The molecule has 3 heteroatoms. The number of benzene rings is 1. The van der Waals surface area contributed by atoms with Crippen LogP contribution in [0.5, 0.6) is 5.75 Å². The summed E-state index contributed by atoms with van der Waals surface area (Å²) in [5.41, 5.74) is 8.23. The molecule has 82 valence electrons. The minimum atomic E-state index is -0.226. The van der Waals surface area contributed by atoms with E-state index in [1.165, 1.54) is 6.42 Å². The molecule has 1 aliphatic rings. The van der Waals surface area contributed by atoms with Crippen LogP contribution < -0.4 is 10.5 Å². The first-order valence-corrected chi connectivity index (χ1v) is 5.58. The highest BCUT2D eigenvalue weighted by Gasteiger charge is 2.36. The van der Waals surface area contributed by atoms with E-state index in [-0.39, 0.29) is 5.54 Å². The molecule has 15 heavy (non-hydrogen) atoms. The SMILES string of the molecule is COc1cc(C)cc(C2(N)CCC2)c1Cl. The summed E-state index contributed by atoms with van der Waals surface area (Å²) in [7, 11) is 1.63. The van der Waals surface area contributed by atoms with Crippen molar-refractivity contribution in [2.75, 3.05) is 7.11 Å². The molecule has 0 radical (unpaired) electrons. The average Bonchev–Trinajstić information content (AvgIpc) is 2.17. The van der Waals surface area contributed by atoms with Crippen LogP contribution in [0.25, 0.3) is 0 Å². The van der Waals surface area contributed by atoms with Crippen LogP contribution >= 0.6 is 11.6 Å². The van der Waals surface area contributed by atoms with Gasteiger partial charge in [-0.05, 0) is 43.4 Å². The Morgan fingerprint density at radius 2 is 2.07 bits per heavy atom. The third-order valence-electron chi connectivity index (χ3n) is 3.19. The summed E-state index contributed by atoms with van der Waals surface area (Å²) < 4.78 is 5.24. The number of hydrogen-bond acceptors (Lipinski definition) is 2. The van der Waals surface area contributed by atoms with Crippen LogP contribution in [0.3, 0.4) is 0 Å². The first-order chi connectivity index (χ1) is 7.07. The van der Waals surface area contributed by atoms with Gasteiger partial charge in [-0.3, -0.25) is 0 Å². The molecule has 0 amide bonds. The van der Waals surface area contributed by atoms with Crippen molar-refractivity contribution in [3.8, 4) is 5.75 Å². The van der Waals surface area contributed by atoms with Gasteiger partial charge in [0, 0.05) is 5.54 Å². The molecule has 1 aliphatic carbocycles. The van der Waals surface area contributed by atoms with Gasteiger partial charge in [0.25, 0.3) is 0 Å². The lowest BCUT2D eigenvalue weighted by atomic mass is 9.72. The Balaban J connectivity index is 2.50. The van der Waals surface area contributed by atoms with E-state index in [9.17, 15) is 0 Å². The van der Waals surface area contributed by atoms with Gasteiger partial charge in [0.05, 0.1) is 12.1 Å². The minimum Gasteiger partial charge on any atom is -0.495 e. The monoisotopic (exact) mass is 225 g/mol. The zero-order valence-corrected chi connectivity index (χ0v) is 9.90.